The van der Waals surface area contributed by atoms with Crippen LogP contribution in [0, 0.1) is 5.41 Å². The van der Waals surface area contributed by atoms with Gasteiger partial charge in [-0.05, 0) is 36.8 Å². The van der Waals surface area contributed by atoms with Crippen LogP contribution in [0.5, 0.6) is 0 Å². The van der Waals surface area contributed by atoms with Crippen LogP contribution in [0.1, 0.15) is 38.7 Å². The Kier molecular flexibility index (Phi) is 4.69. The summed E-state index contributed by atoms with van der Waals surface area (Å²) in [5.74, 6) is -0.454. The van der Waals surface area contributed by atoms with Gasteiger partial charge in [-0.15, -0.1) is 0 Å². The van der Waals surface area contributed by atoms with Gasteiger partial charge in [0.05, 0.1) is 0 Å². The summed E-state index contributed by atoms with van der Waals surface area (Å²) in [6.07, 6.45) is 3.01. The van der Waals surface area contributed by atoms with E-state index in [1.54, 1.807) is 0 Å². The first kappa shape index (κ1) is 16.0. The molecule has 116 valence electrons. The zero-order valence-electron chi connectivity index (χ0n) is 13.1. The van der Waals surface area contributed by atoms with Crippen molar-refractivity contribution in [3.8, 4) is 0 Å². The van der Waals surface area contributed by atoms with Crippen molar-refractivity contribution in [2.45, 2.75) is 38.6 Å². The lowest BCUT2D eigenvalue weighted by Gasteiger charge is -2.39. The maximum Gasteiger partial charge on any atom is 0.242 e. The molecule has 2 rings (SSSR count). The Balaban J connectivity index is 2.06. The summed E-state index contributed by atoms with van der Waals surface area (Å²) in [6.45, 7) is 7.52. The molecule has 1 atom stereocenters. The predicted octanol–water partition coefficient (Wildman–Crippen LogP) is 1.84. The average Bonchev–Trinajstić information content (AvgIpc) is 2.44. The number of rotatable bonds is 5. The molecule has 1 heterocycles. The Morgan fingerprint density at radius 1 is 1.33 bits per heavy atom. The van der Waals surface area contributed by atoms with Gasteiger partial charge < -0.3 is 16.4 Å². The SMILES string of the molecule is CC1(C)CCCN(CCC(N)(C(N)=O)c2ccccc2)C1. The Morgan fingerprint density at radius 3 is 2.57 bits per heavy atom. The van der Waals surface area contributed by atoms with E-state index in [-0.39, 0.29) is 0 Å². The number of carbonyl (C=O) groups excluding carboxylic acids is 1. The Labute approximate surface area is 127 Å². The molecule has 4 nitrogen and oxygen atoms in total. The quantitative estimate of drug-likeness (QED) is 0.868. The van der Waals surface area contributed by atoms with Gasteiger partial charge in [-0.1, -0.05) is 44.2 Å². The molecule has 0 spiro atoms. The lowest BCUT2D eigenvalue weighted by molar-refractivity contribution is -0.123. The first-order chi connectivity index (χ1) is 9.83. The van der Waals surface area contributed by atoms with Crippen molar-refractivity contribution in [3.05, 3.63) is 35.9 Å². The summed E-state index contributed by atoms with van der Waals surface area (Å²) in [6, 6.07) is 9.46. The Hall–Kier alpha value is -1.39. The molecule has 0 radical (unpaired) electrons. The number of likely N-dealkylation sites (tertiary alicyclic amines) is 1. The van der Waals surface area contributed by atoms with E-state index >= 15 is 0 Å². The number of amides is 1. The lowest BCUT2D eigenvalue weighted by Crippen LogP contribution is -2.52. The van der Waals surface area contributed by atoms with Crippen molar-refractivity contribution in [2.24, 2.45) is 16.9 Å². The van der Waals surface area contributed by atoms with Crippen LogP contribution in [0.2, 0.25) is 0 Å². The molecule has 0 bridgehead atoms. The van der Waals surface area contributed by atoms with E-state index in [0.29, 0.717) is 11.8 Å². The van der Waals surface area contributed by atoms with Gasteiger partial charge in [0.15, 0.2) is 0 Å². The van der Waals surface area contributed by atoms with Gasteiger partial charge in [0.1, 0.15) is 5.54 Å². The molecule has 1 aromatic rings. The molecule has 4 heteroatoms. The molecule has 1 saturated heterocycles. The van der Waals surface area contributed by atoms with Crippen molar-refractivity contribution in [1.29, 1.82) is 0 Å². The summed E-state index contributed by atoms with van der Waals surface area (Å²) in [5.41, 5.74) is 12.0. The highest BCUT2D eigenvalue weighted by Crippen LogP contribution is 2.30. The third-order valence-corrected chi connectivity index (χ3v) is 4.53. The van der Waals surface area contributed by atoms with Crippen LogP contribution in [-0.2, 0) is 10.3 Å². The molecule has 1 aliphatic heterocycles. The maximum atomic E-state index is 11.9. The van der Waals surface area contributed by atoms with E-state index in [1.165, 1.54) is 12.8 Å². The predicted molar refractivity (Wildman–Crippen MR) is 85.6 cm³/mol. The van der Waals surface area contributed by atoms with E-state index in [2.05, 4.69) is 18.7 Å². The largest absolute Gasteiger partial charge is 0.368 e. The standard InChI is InChI=1S/C17H27N3O/c1-16(2)9-6-11-20(13-16)12-10-17(19,15(18)21)14-7-4-3-5-8-14/h3-5,7-8H,6,9-13,19H2,1-2H3,(H2,18,21). The van der Waals surface area contributed by atoms with Crippen LogP contribution in [0.25, 0.3) is 0 Å². The van der Waals surface area contributed by atoms with Gasteiger partial charge in [-0.3, -0.25) is 4.79 Å². The number of piperidine rings is 1. The molecule has 4 N–H and O–H groups in total. The van der Waals surface area contributed by atoms with Gasteiger partial charge in [0, 0.05) is 13.1 Å². The van der Waals surface area contributed by atoms with E-state index < -0.39 is 11.4 Å². The van der Waals surface area contributed by atoms with E-state index in [0.717, 1.165) is 25.2 Å². The number of benzene rings is 1. The average molecular weight is 289 g/mol. The monoisotopic (exact) mass is 289 g/mol. The number of nitrogens with zero attached hydrogens (tertiary/aromatic N) is 1. The van der Waals surface area contributed by atoms with Crippen LogP contribution < -0.4 is 11.5 Å². The maximum absolute atomic E-state index is 11.9. The number of carbonyl (C=O) groups is 1. The minimum absolute atomic E-state index is 0.342. The first-order valence-corrected chi connectivity index (χ1v) is 7.70. The molecule has 0 saturated carbocycles. The van der Waals surface area contributed by atoms with Gasteiger partial charge in [-0.2, -0.15) is 0 Å². The van der Waals surface area contributed by atoms with Gasteiger partial charge in [0.25, 0.3) is 0 Å². The highest BCUT2D eigenvalue weighted by Gasteiger charge is 2.35. The highest BCUT2D eigenvalue weighted by atomic mass is 16.1. The molecule has 21 heavy (non-hydrogen) atoms. The molecular formula is C17H27N3O. The van der Waals surface area contributed by atoms with E-state index in [9.17, 15) is 4.79 Å². The van der Waals surface area contributed by atoms with Crippen molar-refractivity contribution in [1.82, 2.24) is 4.90 Å². The summed E-state index contributed by atoms with van der Waals surface area (Å²) in [4.78, 5) is 14.3. The summed E-state index contributed by atoms with van der Waals surface area (Å²) in [5, 5.41) is 0. The molecule has 1 unspecified atom stereocenters. The second kappa shape index (κ2) is 6.16. The summed E-state index contributed by atoms with van der Waals surface area (Å²) in [7, 11) is 0. The highest BCUT2D eigenvalue weighted by molar-refractivity contribution is 5.85. The fourth-order valence-electron chi connectivity index (χ4n) is 3.22. The fourth-order valence-corrected chi connectivity index (χ4v) is 3.22. The zero-order chi connectivity index (χ0) is 15.5. The molecule has 1 aromatic carbocycles. The second-order valence-electron chi connectivity index (χ2n) is 7.00. The molecule has 1 aliphatic rings. The normalized spacial score (nSPS) is 21.7. The van der Waals surface area contributed by atoms with Crippen molar-refractivity contribution in [3.63, 3.8) is 0 Å². The number of hydrogen-bond donors (Lipinski definition) is 2. The zero-order valence-corrected chi connectivity index (χ0v) is 13.1. The lowest BCUT2D eigenvalue weighted by atomic mass is 9.83. The third-order valence-electron chi connectivity index (χ3n) is 4.53. The van der Waals surface area contributed by atoms with Crippen molar-refractivity contribution < 1.29 is 4.79 Å². The van der Waals surface area contributed by atoms with Crippen LogP contribution in [0.4, 0.5) is 0 Å². The molecule has 0 aromatic heterocycles. The Bertz CT molecular complexity index is 486. The Morgan fingerprint density at radius 2 is 2.00 bits per heavy atom. The van der Waals surface area contributed by atoms with Crippen LogP contribution in [0.3, 0.4) is 0 Å². The second-order valence-corrected chi connectivity index (χ2v) is 7.00. The minimum Gasteiger partial charge on any atom is -0.368 e. The summed E-state index contributed by atoms with van der Waals surface area (Å²) < 4.78 is 0. The minimum atomic E-state index is -1.08. The van der Waals surface area contributed by atoms with Crippen molar-refractivity contribution in [2.75, 3.05) is 19.6 Å². The van der Waals surface area contributed by atoms with E-state index in [4.69, 9.17) is 11.5 Å². The molecular weight excluding hydrogens is 262 g/mol. The van der Waals surface area contributed by atoms with Gasteiger partial charge in [-0.25, -0.2) is 0 Å². The third kappa shape index (κ3) is 3.83. The smallest absolute Gasteiger partial charge is 0.242 e. The first-order valence-electron chi connectivity index (χ1n) is 7.70. The van der Waals surface area contributed by atoms with Gasteiger partial charge in [0.2, 0.25) is 5.91 Å². The van der Waals surface area contributed by atoms with Crippen molar-refractivity contribution >= 4 is 5.91 Å². The van der Waals surface area contributed by atoms with E-state index in [1.807, 2.05) is 30.3 Å². The number of nitrogens with two attached hydrogens (primary N) is 2. The number of primary amides is 1. The van der Waals surface area contributed by atoms with Crippen LogP contribution in [-0.4, -0.2) is 30.4 Å². The summed E-state index contributed by atoms with van der Waals surface area (Å²) >= 11 is 0. The van der Waals surface area contributed by atoms with Crippen LogP contribution in [0.15, 0.2) is 30.3 Å². The van der Waals surface area contributed by atoms with Gasteiger partial charge >= 0.3 is 0 Å². The molecule has 1 amide bonds. The fraction of sp³-hybridized carbons (Fsp3) is 0.588. The number of hydrogen-bond acceptors (Lipinski definition) is 3. The molecule has 0 aliphatic carbocycles. The van der Waals surface area contributed by atoms with Crippen LogP contribution >= 0.6 is 0 Å². The molecule has 1 fully saturated rings. The topological polar surface area (TPSA) is 72.3 Å².